The van der Waals surface area contributed by atoms with Gasteiger partial charge >= 0.3 is 5.69 Å². The molecule has 4 nitrogen and oxygen atoms in total. The van der Waals surface area contributed by atoms with Crippen molar-refractivity contribution in [2.45, 2.75) is 0 Å². The smallest absolute Gasteiger partial charge is 0.298 e. The van der Waals surface area contributed by atoms with E-state index in [-0.39, 0.29) is 11.3 Å². The molecule has 6 heteroatoms. The Morgan fingerprint density at radius 2 is 2.15 bits per heavy atom. The van der Waals surface area contributed by atoms with Crippen LogP contribution in [-0.2, 0) is 0 Å². The van der Waals surface area contributed by atoms with Gasteiger partial charge in [-0.05, 0) is 6.07 Å². The van der Waals surface area contributed by atoms with Gasteiger partial charge in [0.25, 0.3) is 0 Å². The van der Waals surface area contributed by atoms with Crippen LogP contribution in [0.15, 0.2) is 12.1 Å². The van der Waals surface area contributed by atoms with E-state index < -0.39 is 22.0 Å². The van der Waals surface area contributed by atoms with E-state index in [9.17, 15) is 19.3 Å². The molecule has 1 rings (SSSR count). The summed E-state index contributed by atoms with van der Waals surface area (Å²) in [6.45, 7) is 0. The van der Waals surface area contributed by atoms with Gasteiger partial charge in [-0.3, -0.25) is 14.9 Å². The van der Waals surface area contributed by atoms with Crippen LogP contribution in [0, 0.1) is 15.9 Å². The third-order valence-corrected chi connectivity index (χ3v) is 1.59. The molecule has 1 aromatic carbocycles. The number of nitro groups is 1. The number of halogens is 2. The summed E-state index contributed by atoms with van der Waals surface area (Å²) in [6.07, 6.45) is 0.175. The van der Waals surface area contributed by atoms with Crippen molar-refractivity contribution < 1.29 is 14.1 Å². The summed E-state index contributed by atoms with van der Waals surface area (Å²) in [5, 5.41) is 10.2. The number of hydrogen-bond acceptors (Lipinski definition) is 3. The van der Waals surface area contributed by atoms with E-state index in [4.69, 9.17) is 11.6 Å². The average Bonchev–Trinajstić information content (AvgIpc) is 2.08. The molecule has 13 heavy (non-hydrogen) atoms. The van der Waals surface area contributed by atoms with E-state index in [1.165, 1.54) is 0 Å². The molecule has 0 aromatic heterocycles. The maximum Gasteiger partial charge on any atom is 0.307 e. The zero-order valence-corrected chi connectivity index (χ0v) is 6.92. The lowest BCUT2D eigenvalue weighted by Gasteiger charge is -1.97. The van der Waals surface area contributed by atoms with Crippen molar-refractivity contribution in [2.24, 2.45) is 0 Å². The highest BCUT2D eigenvalue weighted by Crippen LogP contribution is 2.24. The predicted octanol–water partition coefficient (Wildman–Crippen LogP) is 2.20. The van der Waals surface area contributed by atoms with E-state index in [0.717, 1.165) is 12.1 Å². The molecule has 0 amide bonds. The van der Waals surface area contributed by atoms with Gasteiger partial charge in [-0.1, -0.05) is 11.6 Å². The SMILES string of the molecule is O=Cc1cc(Cl)cc([N+](=O)[O-])c1F. The zero-order chi connectivity index (χ0) is 10.0. The van der Waals surface area contributed by atoms with Gasteiger partial charge in [-0.15, -0.1) is 0 Å². The maximum absolute atomic E-state index is 13.0. The van der Waals surface area contributed by atoms with Crippen LogP contribution in [0.5, 0.6) is 0 Å². The van der Waals surface area contributed by atoms with Crippen molar-refractivity contribution in [1.29, 1.82) is 0 Å². The molecule has 0 aliphatic heterocycles. The highest BCUT2D eigenvalue weighted by Gasteiger charge is 2.18. The Balaban J connectivity index is 3.44. The normalized spacial score (nSPS) is 9.69. The number of carbonyl (C=O) groups excluding carboxylic acids is 1. The molecule has 0 N–H and O–H groups in total. The lowest BCUT2D eigenvalue weighted by atomic mass is 10.2. The van der Waals surface area contributed by atoms with E-state index in [0.29, 0.717) is 0 Å². The first-order valence-corrected chi connectivity index (χ1v) is 3.52. The molecule has 0 aliphatic carbocycles. The minimum atomic E-state index is -1.16. The third kappa shape index (κ3) is 1.81. The van der Waals surface area contributed by atoms with E-state index in [1.54, 1.807) is 0 Å². The van der Waals surface area contributed by atoms with Gasteiger partial charge < -0.3 is 0 Å². The molecule has 0 bridgehead atoms. The standard InChI is InChI=1S/C7H3ClFNO3/c8-5-1-4(3-11)7(9)6(2-5)10(12)13/h1-3H. The Labute approximate surface area is 77.1 Å². The maximum atomic E-state index is 13.0. The first kappa shape index (κ1) is 9.60. The highest BCUT2D eigenvalue weighted by molar-refractivity contribution is 6.31. The average molecular weight is 204 g/mol. The quantitative estimate of drug-likeness (QED) is 0.421. The van der Waals surface area contributed by atoms with E-state index in [2.05, 4.69) is 0 Å². The van der Waals surface area contributed by atoms with E-state index in [1.807, 2.05) is 0 Å². The molecule has 0 heterocycles. The monoisotopic (exact) mass is 203 g/mol. The molecule has 0 atom stereocenters. The summed E-state index contributed by atoms with van der Waals surface area (Å²) >= 11 is 5.41. The molecule has 0 saturated carbocycles. The molecule has 0 saturated heterocycles. The van der Waals surface area contributed by atoms with Crippen LogP contribution in [0.1, 0.15) is 10.4 Å². The molecule has 0 spiro atoms. The second-order valence-corrected chi connectivity index (χ2v) is 2.64. The second-order valence-electron chi connectivity index (χ2n) is 2.20. The van der Waals surface area contributed by atoms with Gasteiger partial charge in [0.15, 0.2) is 6.29 Å². The van der Waals surface area contributed by atoms with Gasteiger partial charge in [-0.25, -0.2) is 0 Å². The Hall–Kier alpha value is -1.49. The van der Waals surface area contributed by atoms with Crippen LogP contribution in [-0.4, -0.2) is 11.2 Å². The van der Waals surface area contributed by atoms with Crippen molar-refractivity contribution in [1.82, 2.24) is 0 Å². The van der Waals surface area contributed by atoms with Crippen molar-refractivity contribution in [2.75, 3.05) is 0 Å². The molecule has 0 radical (unpaired) electrons. The topological polar surface area (TPSA) is 60.2 Å². The van der Waals surface area contributed by atoms with Crippen LogP contribution in [0.2, 0.25) is 5.02 Å². The molecule has 0 aliphatic rings. The first-order valence-electron chi connectivity index (χ1n) is 3.15. The Bertz CT molecular complexity index is 380. The lowest BCUT2D eigenvalue weighted by Crippen LogP contribution is -1.96. The summed E-state index contributed by atoms with van der Waals surface area (Å²) in [4.78, 5) is 19.5. The second kappa shape index (κ2) is 3.49. The van der Waals surface area contributed by atoms with Crippen LogP contribution >= 0.6 is 11.6 Å². The molecule has 0 fully saturated rings. The van der Waals surface area contributed by atoms with E-state index >= 15 is 0 Å². The molecular weight excluding hydrogens is 201 g/mol. The summed E-state index contributed by atoms with van der Waals surface area (Å²) < 4.78 is 13.0. The predicted molar refractivity (Wildman–Crippen MR) is 43.5 cm³/mol. The fourth-order valence-electron chi connectivity index (χ4n) is 0.814. The van der Waals surface area contributed by atoms with Gasteiger partial charge in [0.1, 0.15) is 0 Å². The largest absolute Gasteiger partial charge is 0.307 e. The molecule has 0 unspecified atom stereocenters. The van der Waals surface area contributed by atoms with Gasteiger partial charge in [-0.2, -0.15) is 4.39 Å². The number of nitrogens with zero attached hydrogens (tertiary/aromatic N) is 1. The number of hydrogen-bond donors (Lipinski definition) is 0. The highest BCUT2D eigenvalue weighted by atomic mass is 35.5. The Morgan fingerprint density at radius 3 is 2.62 bits per heavy atom. The van der Waals surface area contributed by atoms with Crippen molar-refractivity contribution in [3.8, 4) is 0 Å². The number of rotatable bonds is 2. The minimum absolute atomic E-state index is 0.0461. The van der Waals surface area contributed by atoms with Crippen LogP contribution in [0.25, 0.3) is 0 Å². The zero-order valence-electron chi connectivity index (χ0n) is 6.16. The number of carbonyl (C=O) groups is 1. The number of nitro benzene ring substituents is 1. The van der Waals surface area contributed by atoms with Crippen molar-refractivity contribution in [3.05, 3.63) is 38.7 Å². The third-order valence-electron chi connectivity index (χ3n) is 1.37. The van der Waals surface area contributed by atoms with Crippen LogP contribution < -0.4 is 0 Å². The first-order chi connectivity index (χ1) is 6.06. The van der Waals surface area contributed by atoms with Crippen LogP contribution in [0.4, 0.5) is 10.1 Å². The number of aldehydes is 1. The Kier molecular flexibility index (Phi) is 2.57. The summed E-state index contributed by atoms with van der Waals surface area (Å²) in [5.41, 5.74) is -1.21. The molecule has 68 valence electrons. The fourth-order valence-corrected chi connectivity index (χ4v) is 1.03. The van der Waals surface area contributed by atoms with Crippen molar-refractivity contribution >= 4 is 23.6 Å². The Morgan fingerprint density at radius 1 is 1.54 bits per heavy atom. The summed E-state index contributed by atoms with van der Waals surface area (Å²) in [7, 11) is 0. The minimum Gasteiger partial charge on any atom is -0.298 e. The van der Waals surface area contributed by atoms with Gasteiger partial charge in [0, 0.05) is 11.1 Å². The number of benzene rings is 1. The summed E-state index contributed by atoms with van der Waals surface area (Å²) in [6, 6.07) is 1.88. The van der Waals surface area contributed by atoms with Gasteiger partial charge in [0.2, 0.25) is 5.82 Å². The van der Waals surface area contributed by atoms with Crippen LogP contribution in [0.3, 0.4) is 0 Å². The van der Waals surface area contributed by atoms with Crippen molar-refractivity contribution in [3.63, 3.8) is 0 Å². The lowest BCUT2D eigenvalue weighted by molar-refractivity contribution is -0.387. The fraction of sp³-hybridized carbons (Fsp3) is 0. The molecular formula is C7H3ClFNO3. The van der Waals surface area contributed by atoms with Gasteiger partial charge in [0.05, 0.1) is 10.5 Å². The molecule has 1 aromatic rings. The summed E-state index contributed by atoms with van der Waals surface area (Å²) in [5.74, 6) is -1.16.